The van der Waals surface area contributed by atoms with Gasteiger partial charge in [0, 0.05) is 31.9 Å². The van der Waals surface area contributed by atoms with Gasteiger partial charge in [0.05, 0.1) is 11.1 Å². The highest BCUT2D eigenvalue weighted by molar-refractivity contribution is 6.04. The Morgan fingerprint density at radius 1 is 0.952 bits per heavy atom. The van der Waals surface area contributed by atoms with Crippen LogP contribution in [0.2, 0.25) is 0 Å². The summed E-state index contributed by atoms with van der Waals surface area (Å²) in [7, 11) is 3.11. The summed E-state index contributed by atoms with van der Waals surface area (Å²) in [6.45, 7) is 0. The van der Waals surface area contributed by atoms with Crippen LogP contribution in [0.3, 0.4) is 0 Å². The lowest BCUT2D eigenvalue weighted by Crippen LogP contribution is -2.13. The van der Waals surface area contributed by atoms with Gasteiger partial charge in [0.2, 0.25) is 0 Å². The number of alkyl halides is 6. The summed E-state index contributed by atoms with van der Waals surface area (Å²) in [5.41, 5.74) is -3.70. The first-order valence-electron chi connectivity index (χ1n) is 5.59. The lowest BCUT2D eigenvalue weighted by atomic mass is 10.0. The first-order chi connectivity index (χ1) is 9.41. The molecule has 21 heavy (non-hydrogen) atoms. The summed E-state index contributed by atoms with van der Waals surface area (Å²) in [6.07, 6.45) is -7.81. The molecule has 0 unspecified atom stereocenters. The first-order valence-corrected chi connectivity index (χ1v) is 5.59. The number of rotatable bonds is 3. The zero-order valence-electron chi connectivity index (χ0n) is 11.0. The minimum Gasteiger partial charge on any atom is -0.383 e. The zero-order chi connectivity index (χ0) is 16.4. The van der Waals surface area contributed by atoms with E-state index in [0.717, 1.165) is 6.08 Å². The number of hydrogen-bond donors (Lipinski definition) is 0. The molecule has 1 aromatic rings. The Bertz CT molecular complexity index is 525. The Labute approximate surface area is 116 Å². The maximum atomic E-state index is 12.6. The van der Waals surface area contributed by atoms with Gasteiger partial charge in [-0.2, -0.15) is 26.3 Å². The van der Waals surface area contributed by atoms with Crippen molar-refractivity contribution in [1.82, 2.24) is 4.90 Å². The molecule has 0 N–H and O–H groups in total. The molecule has 0 fully saturated rings. The van der Waals surface area contributed by atoms with Crippen molar-refractivity contribution < 1.29 is 31.1 Å². The fraction of sp³-hybridized carbons (Fsp3) is 0.308. The van der Waals surface area contributed by atoms with E-state index >= 15 is 0 Å². The van der Waals surface area contributed by atoms with E-state index in [4.69, 9.17) is 0 Å². The number of carbonyl (C=O) groups excluding carboxylic acids is 1. The Kier molecular flexibility index (Phi) is 4.70. The largest absolute Gasteiger partial charge is 0.416 e. The molecule has 0 heterocycles. The molecule has 0 saturated carbocycles. The molecule has 0 amide bonds. The topological polar surface area (TPSA) is 20.3 Å². The van der Waals surface area contributed by atoms with Gasteiger partial charge in [0.25, 0.3) is 0 Å². The average molecular weight is 311 g/mol. The van der Waals surface area contributed by atoms with E-state index in [0.29, 0.717) is 12.1 Å². The normalized spacial score (nSPS) is 12.8. The monoisotopic (exact) mass is 311 g/mol. The van der Waals surface area contributed by atoms with Crippen LogP contribution in [0.5, 0.6) is 0 Å². The number of carbonyl (C=O) groups is 1. The molecule has 0 aromatic heterocycles. The molecule has 0 bridgehead atoms. The number of halogens is 6. The third kappa shape index (κ3) is 4.80. The van der Waals surface area contributed by atoms with Gasteiger partial charge in [-0.25, -0.2) is 0 Å². The number of benzene rings is 1. The van der Waals surface area contributed by atoms with E-state index < -0.39 is 34.8 Å². The summed E-state index contributed by atoms with van der Waals surface area (Å²) in [5.74, 6) is -0.944. The van der Waals surface area contributed by atoms with Crippen molar-refractivity contribution in [3.8, 4) is 0 Å². The standard InChI is InChI=1S/C13H11F6NO/c1-20(2)4-3-11(21)8-5-9(12(14,15)16)7-10(6-8)13(17,18)19/h3-7H,1-2H3. The molecule has 1 rings (SSSR count). The molecule has 0 aliphatic carbocycles. The predicted molar refractivity (Wildman–Crippen MR) is 63.6 cm³/mol. The minimum atomic E-state index is -4.97. The molecule has 2 nitrogen and oxygen atoms in total. The van der Waals surface area contributed by atoms with Crippen molar-refractivity contribution in [2.75, 3.05) is 14.1 Å². The second-order valence-electron chi connectivity index (χ2n) is 4.44. The Morgan fingerprint density at radius 2 is 1.38 bits per heavy atom. The first kappa shape index (κ1) is 17.1. The third-order valence-corrected chi connectivity index (χ3v) is 2.40. The van der Waals surface area contributed by atoms with E-state index in [-0.39, 0.29) is 6.07 Å². The van der Waals surface area contributed by atoms with Gasteiger partial charge < -0.3 is 4.90 Å². The third-order valence-electron chi connectivity index (χ3n) is 2.40. The highest BCUT2D eigenvalue weighted by Gasteiger charge is 2.37. The Morgan fingerprint density at radius 3 is 1.71 bits per heavy atom. The average Bonchev–Trinajstić information content (AvgIpc) is 2.33. The SMILES string of the molecule is CN(C)C=CC(=O)c1cc(C(F)(F)F)cc(C(F)(F)F)c1. The van der Waals surface area contributed by atoms with Crippen LogP contribution in [0.4, 0.5) is 26.3 Å². The second-order valence-corrected chi connectivity index (χ2v) is 4.44. The van der Waals surface area contributed by atoms with E-state index in [2.05, 4.69) is 0 Å². The Hall–Kier alpha value is -1.99. The van der Waals surface area contributed by atoms with Crippen molar-refractivity contribution in [3.05, 3.63) is 47.2 Å². The van der Waals surface area contributed by atoms with Gasteiger partial charge in [-0.3, -0.25) is 4.79 Å². The molecule has 1 aromatic carbocycles. The van der Waals surface area contributed by atoms with Gasteiger partial charge in [-0.1, -0.05) is 0 Å². The van der Waals surface area contributed by atoms with Crippen molar-refractivity contribution in [1.29, 1.82) is 0 Å². The highest BCUT2D eigenvalue weighted by atomic mass is 19.4. The maximum Gasteiger partial charge on any atom is 0.416 e. The fourth-order valence-electron chi connectivity index (χ4n) is 1.41. The van der Waals surface area contributed by atoms with Crippen LogP contribution in [0.25, 0.3) is 0 Å². The van der Waals surface area contributed by atoms with Gasteiger partial charge >= 0.3 is 12.4 Å². The van der Waals surface area contributed by atoms with Crippen LogP contribution in [0.1, 0.15) is 21.5 Å². The molecule has 0 saturated heterocycles. The van der Waals surface area contributed by atoms with Gasteiger partial charge in [-0.15, -0.1) is 0 Å². The Balaban J connectivity index is 3.36. The molecule has 116 valence electrons. The molecule has 0 aliphatic rings. The van der Waals surface area contributed by atoms with Crippen LogP contribution in [-0.4, -0.2) is 24.8 Å². The number of hydrogen-bond acceptors (Lipinski definition) is 2. The molecular weight excluding hydrogens is 300 g/mol. The van der Waals surface area contributed by atoms with Crippen molar-refractivity contribution in [2.24, 2.45) is 0 Å². The summed E-state index contributed by atoms with van der Waals surface area (Å²) < 4.78 is 75.7. The molecule has 0 radical (unpaired) electrons. The summed E-state index contributed by atoms with van der Waals surface area (Å²) in [6, 6.07) is 0.779. The van der Waals surface area contributed by atoms with Crippen LogP contribution in [0.15, 0.2) is 30.5 Å². The van der Waals surface area contributed by atoms with Crippen LogP contribution >= 0.6 is 0 Å². The van der Waals surface area contributed by atoms with Crippen LogP contribution in [-0.2, 0) is 12.4 Å². The van der Waals surface area contributed by atoms with Crippen molar-refractivity contribution >= 4 is 5.78 Å². The van der Waals surface area contributed by atoms with E-state index in [9.17, 15) is 31.1 Å². The number of ketones is 1. The summed E-state index contributed by atoms with van der Waals surface area (Å²) >= 11 is 0. The molecule has 0 atom stereocenters. The van der Waals surface area contributed by atoms with Crippen LogP contribution in [0, 0.1) is 0 Å². The number of allylic oxidation sites excluding steroid dienone is 1. The fourth-order valence-corrected chi connectivity index (χ4v) is 1.41. The number of nitrogens with zero attached hydrogens (tertiary/aromatic N) is 1. The van der Waals surface area contributed by atoms with E-state index in [1.807, 2.05) is 0 Å². The lowest BCUT2D eigenvalue weighted by molar-refractivity contribution is -0.143. The van der Waals surface area contributed by atoms with E-state index in [1.54, 1.807) is 14.1 Å². The molecule has 0 aliphatic heterocycles. The van der Waals surface area contributed by atoms with Gasteiger partial charge in [0.15, 0.2) is 5.78 Å². The molecule has 8 heteroatoms. The second kappa shape index (κ2) is 5.79. The van der Waals surface area contributed by atoms with E-state index in [1.165, 1.54) is 11.1 Å². The predicted octanol–water partition coefficient (Wildman–Crippen LogP) is 3.98. The minimum absolute atomic E-state index is 0.0214. The van der Waals surface area contributed by atoms with Crippen LogP contribution < -0.4 is 0 Å². The lowest BCUT2D eigenvalue weighted by Gasteiger charge is -2.13. The van der Waals surface area contributed by atoms with Gasteiger partial charge in [-0.05, 0) is 18.2 Å². The molecule has 0 spiro atoms. The van der Waals surface area contributed by atoms with Crippen molar-refractivity contribution in [2.45, 2.75) is 12.4 Å². The maximum absolute atomic E-state index is 12.6. The summed E-state index contributed by atoms with van der Waals surface area (Å²) in [5, 5.41) is 0. The van der Waals surface area contributed by atoms with Gasteiger partial charge in [0.1, 0.15) is 0 Å². The smallest absolute Gasteiger partial charge is 0.383 e. The molecular formula is C13H11F6NO. The quantitative estimate of drug-likeness (QED) is 0.478. The zero-order valence-corrected chi connectivity index (χ0v) is 11.0. The highest BCUT2D eigenvalue weighted by Crippen LogP contribution is 2.36. The van der Waals surface area contributed by atoms with Crippen molar-refractivity contribution in [3.63, 3.8) is 0 Å². The summed E-state index contributed by atoms with van der Waals surface area (Å²) in [4.78, 5) is 13.1.